The largest absolute Gasteiger partial charge is 0.311 e. The van der Waals surface area contributed by atoms with E-state index in [1.54, 1.807) is 0 Å². The third-order valence-corrected chi connectivity index (χ3v) is 14.8. The second-order valence-electron chi connectivity index (χ2n) is 20.3. The van der Waals surface area contributed by atoms with Crippen LogP contribution in [0.5, 0.6) is 0 Å². The number of benzene rings is 9. The van der Waals surface area contributed by atoms with Gasteiger partial charge in [-0.15, -0.1) is 0 Å². The maximum atomic E-state index is 9.50. The van der Waals surface area contributed by atoms with E-state index >= 15 is 0 Å². The normalized spacial score (nSPS) is 13.5. The van der Waals surface area contributed by atoms with Gasteiger partial charge >= 0.3 is 0 Å². The molecule has 0 N–H and O–H groups in total. The van der Waals surface area contributed by atoms with Gasteiger partial charge in [-0.1, -0.05) is 161 Å². The summed E-state index contributed by atoms with van der Waals surface area (Å²) in [5.74, 6) is 0. The molecule has 0 unspecified atom stereocenters. The lowest BCUT2D eigenvalue weighted by Gasteiger charge is -2.28. The van der Waals surface area contributed by atoms with Crippen LogP contribution in [0.3, 0.4) is 0 Å². The van der Waals surface area contributed by atoms with Gasteiger partial charge in [0.2, 0.25) is 0 Å². The Bertz CT molecular complexity index is 3480. The summed E-state index contributed by atoms with van der Waals surface area (Å²) in [6.07, 6.45) is 8.86. The van der Waals surface area contributed by atoms with Crippen molar-refractivity contribution in [3.05, 3.63) is 267 Å². The molecule has 0 heterocycles. The van der Waals surface area contributed by atoms with E-state index in [0.717, 1.165) is 45.3 Å². The van der Waals surface area contributed by atoms with Crippen molar-refractivity contribution in [2.45, 2.75) is 52.4 Å². The molecule has 2 aliphatic rings. The quantitative estimate of drug-likeness (QED) is 0.101. The van der Waals surface area contributed by atoms with Crippen molar-refractivity contribution in [1.82, 2.24) is 0 Å². The zero-order chi connectivity index (χ0) is 49.7. The van der Waals surface area contributed by atoms with E-state index in [1.165, 1.54) is 66.8 Å². The van der Waals surface area contributed by atoms with Gasteiger partial charge in [0.25, 0.3) is 0 Å². The first-order valence-corrected chi connectivity index (χ1v) is 24.6. The Kier molecular flexibility index (Phi) is 11.4. The molecule has 0 fully saturated rings. The number of rotatable bonds is 10. The molecule has 0 amide bonds. The van der Waals surface area contributed by atoms with Crippen LogP contribution in [-0.2, 0) is 10.8 Å². The lowest BCUT2D eigenvalue weighted by Crippen LogP contribution is -2.16. The first kappa shape index (κ1) is 45.5. The third kappa shape index (κ3) is 8.28. The minimum absolute atomic E-state index is 0.204. The fraction of sp³-hybridized carbons (Fsp3) is 0.118. The highest BCUT2D eigenvalue weighted by Crippen LogP contribution is 2.53. The Labute approximate surface area is 424 Å². The average Bonchev–Trinajstić information content (AvgIpc) is 3.76. The van der Waals surface area contributed by atoms with E-state index < -0.39 is 0 Å². The molecule has 9 aromatic rings. The van der Waals surface area contributed by atoms with E-state index in [4.69, 9.17) is 6.57 Å². The summed E-state index contributed by atoms with van der Waals surface area (Å²) < 4.78 is 0. The average molecular weight is 927 g/mol. The second kappa shape index (κ2) is 18.1. The number of nitrogens with zero attached hydrogens (tertiary/aromatic N) is 4. The zero-order valence-corrected chi connectivity index (χ0v) is 41.6. The van der Waals surface area contributed by atoms with Gasteiger partial charge in [0.15, 0.2) is 5.69 Å². The molecular formula is C68H54N4. The highest BCUT2D eigenvalue weighted by atomic mass is 15.1. The molecular weight excluding hydrogens is 873 g/mol. The highest BCUT2D eigenvalue weighted by Gasteiger charge is 2.37. The van der Waals surface area contributed by atoms with Gasteiger partial charge in [0.05, 0.1) is 18.2 Å². The van der Waals surface area contributed by atoms with Crippen molar-refractivity contribution in [2.75, 3.05) is 9.80 Å². The minimum atomic E-state index is -0.206. The summed E-state index contributed by atoms with van der Waals surface area (Å²) >= 11 is 0. The zero-order valence-electron chi connectivity index (χ0n) is 41.6. The van der Waals surface area contributed by atoms with Crippen LogP contribution in [0.25, 0.3) is 51.4 Å². The molecule has 0 saturated carbocycles. The first-order valence-electron chi connectivity index (χ1n) is 24.6. The van der Waals surface area contributed by atoms with Crippen LogP contribution in [0.2, 0.25) is 0 Å². The first-order chi connectivity index (χ1) is 34.9. The van der Waals surface area contributed by atoms with E-state index in [9.17, 15) is 5.26 Å². The number of fused-ring (bicyclic) bond motifs is 6. The molecule has 0 saturated heterocycles. The Balaban J connectivity index is 0.799. The molecule has 0 radical (unpaired) electrons. The van der Waals surface area contributed by atoms with Crippen molar-refractivity contribution in [1.29, 1.82) is 5.26 Å². The van der Waals surface area contributed by atoms with E-state index in [1.807, 2.05) is 48.5 Å². The number of hydrogen-bond acceptors (Lipinski definition) is 3. The maximum absolute atomic E-state index is 9.50. The van der Waals surface area contributed by atoms with Crippen molar-refractivity contribution in [3.63, 3.8) is 0 Å². The lowest BCUT2D eigenvalue weighted by atomic mass is 9.81. The third-order valence-electron chi connectivity index (χ3n) is 14.8. The van der Waals surface area contributed by atoms with Gasteiger partial charge in [-0.25, -0.2) is 4.85 Å². The van der Waals surface area contributed by atoms with Gasteiger partial charge in [-0.05, 0) is 177 Å². The maximum Gasteiger partial charge on any atom is 0.187 e. The lowest BCUT2D eigenvalue weighted by molar-refractivity contribution is 0.660. The molecule has 11 rings (SSSR count). The van der Waals surface area contributed by atoms with Crippen molar-refractivity contribution in [3.8, 4) is 28.3 Å². The fourth-order valence-electron chi connectivity index (χ4n) is 10.9. The Hall–Kier alpha value is -8.96. The topological polar surface area (TPSA) is 34.6 Å². The number of anilines is 6. The Morgan fingerprint density at radius 3 is 1.15 bits per heavy atom. The minimum Gasteiger partial charge on any atom is -0.311 e. The monoisotopic (exact) mass is 926 g/mol. The molecule has 0 atom stereocenters. The molecule has 2 aliphatic carbocycles. The number of aryl methyl sites for hydroxylation is 2. The molecule has 9 aromatic carbocycles. The molecule has 0 aliphatic heterocycles. The summed E-state index contributed by atoms with van der Waals surface area (Å²) in [5.41, 5.74) is 24.7. The summed E-state index contributed by atoms with van der Waals surface area (Å²) in [6, 6.07) is 71.4. The Morgan fingerprint density at radius 1 is 0.403 bits per heavy atom. The van der Waals surface area contributed by atoms with E-state index in [0.29, 0.717) is 11.3 Å². The van der Waals surface area contributed by atoms with Crippen LogP contribution >= 0.6 is 0 Å². The summed E-state index contributed by atoms with van der Waals surface area (Å²) in [7, 11) is 0. The predicted molar refractivity (Wildman–Crippen MR) is 302 cm³/mol. The van der Waals surface area contributed by atoms with E-state index in [2.05, 4.69) is 232 Å². The van der Waals surface area contributed by atoms with Crippen LogP contribution < -0.4 is 9.80 Å². The van der Waals surface area contributed by atoms with Gasteiger partial charge in [-0.3, -0.25) is 0 Å². The molecule has 0 spiro atoms. The molecule has 72 heavy (non-hydrogen) atoms. The fourth-order valence-corrected chi connectivity index (χ4v) is 10.9. The molecule has 4 nitrogen and oxygen atoms in total. The molecule has 0 bridgehead atoms. The van der Waals surface area contributed by atoms with Crippen LogP contribution in [0.15, 0.2) is 194 Å². The highest BCUT2D eigenvalue weighted by molar-refractivity contribution is 5.89. The smallest absolute Gasteiger partial charge is 0.187 e. The van der Waals surface area contributed by atoms with Crippen LogP contribution in [0, 0.1) is 31.8 Å². The number of hydrogen-bond donors (Lipinski definition) is 0. The molecule has 346 valence electrons. The van der Waals surface area contributed by atoms with Crippen LogP contribution in [-0.4, -0.2) is 0 Å². The Morgan fingerprint density at radius 2 is 0.750 bits per heavy atom. The molecule has 4 heteroatoms. The summed E-state index contributed by atoms with van der Waals surface area (Å²) in [6.45, 7) is 21.1. The van der Waals surface area contributed by atoms with Gasteiger partial charge < -0.3 is 9.80 Å². The van der Waals surface area contributed by atoms with Crippen LogP contribution in [0.1, 0.15) is 88.9 Å². The van der Waals surface area contributed by atoms with Gasteiger partial charge in [0.1, 0.15) is 0 Å². The van der Waals surface area contributed by atoms with E-state index in [-0.39, 0.29) is 10.8 Å². The van der Waals surface area contributed by atoms with Crippen molar-refractivity contribution >= 4 is 64.1 Å². The standard InChI is InChI=1S/C68H54N4/c1-45-10-8-12-55(38-45)71(53-28-22-51(44-69)23-29-53)57-32-36-61-59-34-24-49(40-63(59)67(3,4)65(61)42-57)20-18-47-14-16-48(17-15-47)19-21-50-25-35-60-62-37-33-58(43-66(62)68(5,6)64(60)41-50)72(56-13-9-11-46(2)39-56)54-30-26-52(70-7)27-31-54/h8-43H,1-6H3. The number of nitriles is 1. The van der Waals surface area contributed by atoms with Crippen molar-refractivity contribution < 1.29 is 0 Å². The molecule has 0 aromatic heterocycles. The SMILES string of the molecule is [C-]#[N+]c1ccc(N(c2cccc(C)c2)c2ccc3c(c2)C(C)(C)c2cc(C=Cc4ccc(C=Cc5ccc6c(c5)C(C)(C)c5cc(N(c7ccc(C#N)cc7)c7cccc(C)c7)ccc5-6)cc4)ccc2-3)cc1. The van der Waals surface area contributed by atoms with Crippen LogP contribution in [0.4, 0.5) is 39.8 Å². The van der Waals surface area contributed by atoms with Gasteiger partial charge in [0, 0.05) is 45.0 Å². The predicted octanol–water partition coefficient (Wildman–Crippen LogP) is 18.6. The van der Waals surface area contributed by atoms with Gasteiger partial charge in [-0.2, -0.15) is 5.26 Å². The summed E-state index contributed by atoms with van der Waals surface area (Å²) in [4.78, 5) is 8.21. The van der Waals surface area contributed by atoms with Crippen molar-refractivity contribution in [2.24, 2.45) is 0 Å². The second-order valence-corrected chi connectivity index (χ2v) is 20.3. The summed E-state index contributed by atoms with van der Waals surface area (Å²) in [5, 5.41) is 9.50.